The van der Waals surface area contributed by atoms with Crippen molar-refractivity contribution in [3.8, 4) is 0 Å². The van der Waals surface area contributed by atoms with Gasteiger partial charge in [-0.2, -0.15) is 0 Å². The van der Waals surface area contributed by atoms with Crippen LogP contribution in [0.2, 0.25) is 0 Å². The van der Waals surface area contributed by atoms with Gasteiger partial charge in [-0.3, -0.25) is 9.59 Å². The van der Waals surface area contributed by atoms with E-state index in [2.05, 4.69) is 25.4 Å². The molecule has 0 saturated heterocycles. The molecule has 3 rings (SSSR count). The fraction of sp³-hybridized carbons (Fsp3) is 0.312. The molecule has 2 N–H and O–H groups in total. The molecule has 3 heterocycles. The van der Waals surface area contributed by atoms with Crippen molar-refractivity contribution in [1.82, 2.24) is 25.4 Å². The van der Waals surface area contributed by atoms with Gasteiger partial charge in [0.15, 0.2) is 5.69 Å². The number of carbonyl (C=O) groups is 1. The summed E-state index contributed by atoms with van der Waals surface area (Å²) in [4.78, 5) is 33.6. The Hall–Kier alpha value is -3.03. The molecule has 126 valence electrons. The molecule has 1 amide bonds. The molecule has 3 aromatic rings. The van der Waals surface area contributed by atoms with Crippen LogP contribution >= 0.6 is 0 Å². The Labute approximate surface area is 138 Å². The number of aromatic amines is 1. The van der Waals surface area contributed by atoms with E-state index in [4.69, 9.17) is 4.52 Å². The van der Waals surface area contributed by atoms with E-state index in [9.17, 15) is 9.59 Å². The van der Waals surface area contributed by atoms with Crippen LogP contribution in [0.5, 0.6) is 0 Å². The molecule has 0 aromatic carbocycles. The van der Waals surface area contributed by atoms with Gasteiger partial charge in [-0.1, -0.05) is 19.0 Å². The van der Waals surface area contributed by atoms with Crippen LogP contribution in [-0.4, -0.2) is 33.1 Å². The third kappa shape index (κ3) is 3.83. The summed E-state index contributed by atoms with van der Waals surface area (Å²) in [6.45, 7) is 4.00. The molecular formula is C16H19N5O3. The first kappa shape index (κ1) is 17.3. The number of carbonyl (C=O) groups excluding carboxylic acids is 1. The van der Waals surface area contributed by atoms with Crippen LogP contribution in [0.15, 0.2) is 33.8 Å². The third-order valence-electron chi connectivity index (χ3n) is 3.24. The first-order chi connectivity index (χ1) is 11.7. The molecule has 0 saturated carbocycles. The molecule has 0 bridgehead atoms. The first-order valence-electron chi connectivity index (χ1n) is 7.68. The molecule has 8 heteroatoms. The highest BCUT2D eigenvalue weighted by Gasteiger charge is 2.12. The van der Waals surface area contributed by atoms with Crippen molar-refractivity contribution in [2.45, 2.75) is 26.7 Å². The molecule has 0 spiro atoms. The lowest BCUT2D eigenvalue weighted by Crippen LogP contribution is -2.17. The van der Waals surface area contributed by atoms with Gasteiger partial charge in [0.25, 0.3) is 5.91 Å². The number of aromatic nitrogens is 4. The summed E-state index contributed by atoms with van der Waals surface area (Å²) in [6.07, 6.45) is 2.52. The SMILES string of the molecule is CC.CNC(=O)c1cc(CCc2ncnc3[nH]c(=O)ccc23)on1. The summed E-state index contributed by atoms with van der Waals surface area (Å²) in [7, 11) is 1.53. The minimum Gasteiger partial charge on any atom is -0.361 e. The van der Waals surface area contributed by atoms with Crippen molar-refractivity contribution in [3.05, 3.63) is 52.0 Å². The fourth-order valence-corrected chi connectivity index (χ4v) is 2.13. The molecule has 24 heavy (non-hydrogen) atoms. The summed E-state index contributed by atoms with van der Waals surface area (Å²) in [6, 6.07) is 4.73. The molecule has 0 radical (unpaired) electrons. The highest BCUT2D eigenvalue weighted by atomic mass is 16.5. The van der Waals surface area contributed by atoms with Gasteiger partial charge in [0, 0.05) is 31.0 Å². The minimum absolute atomic E-state index is 0.206. The zero-order valence-electron chi connectivity index (χ0n) is 13.8. The third-order valence-corrected chi connectivity index (χ3v) is 3.24. The number of rotatable bonds is 4. The van der Waals surface area contributed by atoms with Crippen LogP contribution < -0.4 is 10.9 Å². The number of nitrogens with zero attached hydrogens (tertiary/aromatic N) is 3. The zero-order valence-corrected chi connectivity index (χ0v) is 13.8. The average molecular weight is 329 g/mol. The molecule has 0 atom stereocenters. The van der Waals surface area contributed by atoms with Crippen LogP contribution in [0.3, 0.4) is 0 Å². The lowest BCUT2D eigenvalue weighted by Gasteiger charge is -2.02. The van der Waals surface area contributed by atoms with Crippen LogP contribution in [0.1, 0.15) is 35.8 Å². The topological polar surface area (TPSA) is 114 Å². The summed E-state index contributed by atoms with van der Waals surface area (Å²) >= 11 is 0. The summed E-state index contributed by atoms with van der Waals surface area (Å²) < 4.78 is 5.13. The first-order valence-corrected chi connectivity index (χ1v) is 7.68. The van der Waals surface area contributed by atoms with Gasteiger partial charge in [0.1, 0.15) is 17.7 Å². The maximum atomic E-state index is 11.4. The van der Waals surface area contributed by atoms with Crippen LogP contribution in [0.4, 0.5) is 0 Å². The molecule has 0 fully saturated rings. The second kappa shape index (κ2) is 8.00. The van der Waals surface area contributed by atoms with Crippen molar-refractivity contribution in [2.75, 3.05) is 7.05 Å². The largest absolute Gasteiger partial charge is 0.361 e. The molecule has 8 nitrogen and oxygen atoms in total. The Bertz CT molecular complexity index is 885. The van der Waals surface area contributed by atoms with E-state index < -0.39 is 0 Å². The number of hydrogen-bond acceptors (Lipinski definition) is 6. The number of fused-ring (bicyclic) bond motifs is 1. The van der Waals surface area contributed by atoms with Crippen LogP contribution in [-0.2, 0) is 12.8 Å². The van der Waals surface area contributed by atoms with Gasteiger partial charge in [-0.25, -0.2) is 9.97 Å². The van der Waals surface area contributed by atoms with E-state index in [1.807, 2.05) is 13.8 Å². The van der Waals surface area contributed by atoms with Crippen molar-refractivity contribution in [1.29, 1.82) is 0 Å². The fourth-order valence-electron chi connectivity index (χ4n) is 2.13. The Morgan fingerprint density at radius 3 is 2.79 bits per heavy atom. The lowest BCUT2D eigenvalue weighted by atomic mass is 10.1. The van der Waals surface area contributed by atoms with Gasteiger partial charge in [-0.15, -0.1) is 0 Å². The smallest absolute Gasteiger partial charge is 0.273 e. The second-order valence-electron chi connectivity index (χ2n) is 4.66. The summed E-state index contributed by atoms with van der Waals surface area (Å²) in [5, 5.41) is 6.97. The molecule has 3 aromatic heterocycles. The van der Waals surface area contributed by atoms with Gasteiger partial charge in [0.05, 0.1) is 5.69 Å². The van der Waals surface area contributed by atoms with Crippen molar-refractivity contribution in [3.63, 3.8) is 0 Å². The van der Waals surface area contributed by atoms with Crippen LogP contribution in [0.25, 0.3) is 11.0 Å². The van der Waals surface area contributed by atoms with E-state index in [1.54, 1.807) is 12.1 Å². The Balaban J connectivity index is 0.00000100. The maximum Gasteiger partial charge on any atom is 0.273 e. The highest BCUT2D eigenvalue weighted by molar-refractivity contribution is 5.91. The monoisotopic (exact) mass is 329 g/mol. The van der Waals surface area contributed by atoms with Crippen LogP contribution in [0, 0.1) is 0 Å². The Kier molecular flexibility index (Phi) is 5.78. The normalized spacial score (nSPS) is 10.1. The molecule has 0 aliphatic rings. The van der Waals surface area contributed by atoms with E-state index in [1.165, 1.54) is 19.4 Å². The molecule has 0 unspecified atom stereocenters. The molecular weight excluding hydrogens is 310 g/mol. The van der Waals surface area contributed by atoms with Crippen molar-refractivity contribution in [2.24, 2.45) is 0 Å². The lowest BCUT2D eigenvalue weighted by molar-refractivity contribution is 0.0954. The maximum absolute atomic E-state index is 11.4. The van der Waals surface area contributed by atoms with Crippen molar-refractivity contribution < 1.29 is 9.32 Å². The van der Waals surface area contributed by atoms with Gasteiger partial charge >= 0.3 is 0 Å². The zero-order chi connectivity index (χ0) is 17.5. The summed E-state index contributed by atoms with van der Waals surface area (Å²) in [5.41, 5.74) is 1.33. The summed E-state index contributed by atoms with van der Waals surface area (Å²) in [5.74, 6) is 0.301. The van der Waals surface area contributed by atoms with Gasteiger partial charge in [-0.05, 0) is 12.5 Å². The van der Waals surface area contributed by atoms with E-state index in [0.717, 1.165) is 11.1 Å². The standard InChI is InChI=1S/C14H13N5O3.C2H6/c1-15-14(21)11-6-8(22-19-11)2-4-10-9-3-5-12(20)18-13(9)17-7-16-10;1-2/h3,5-7H,2,4H2,1H3,(H,15,21)(H,16,17,18,20);1-2H3. The number of amides is 1. The number of nitrogens with one attached hydrogen (secondary N) is 2. The molecule has 0 aliphatic heterocycles. The Morgan fingerprint density at radius 2 is 2.04 bits per heavy atom. The number of hydrogen-bond donors (Lipinski definition) is 2. The van der Waals surface area contributed by atoms with E-state index >= 15 is 0 Å². The van der Waals surface area contributed by atoms with Gasteiger partial charge in [0.2, 0.25) is 5.56 Å². The quantitative estimate of drug-likeness (QED) is 0.749. The Morgan fingerprint density at radius 1 is 1.25 bits per heavy atom. The highest BCUT2D eigenvalue weighted by Crippen LogP contribution is 2.14. The number of H-pyrrole nitrogens is 1. The number of pyridine rings is 1. The molecule has 0 aliphatic carbocycles. The predicted octanol–water partition coefficient (Wildman–Crippen LogP) is 1.48. The van der Waals surface area contributed by atoms with E-state index in [0.29, 0.717) is 24.2 Å². The van der Waals surface area contributed by atoms with Crippen molar-refractivity contribution >= 4 is 16.9 Å². The van der Waals surface area contributed by atoms with E-state index in [-0.39, 0.29) is 17.2 Å². The minimum atomic E-state index is -0.292. The second-order valence-corrected chi connectivity index (χ2v) is 4.66. The number of aryl methyl sites for hydroxylation is 2. The predicted molar refractivity (Wildman–Crippen MR) is 88.8 cm³/mol. The average Bonchev–Trinajstić information content (AvgIpc) is 3.09. The van der Waals surface area contributed by atoms with Gasteiger partial charge < -0.3 is 14.8 Å².